The number of aryl methyl sites for hydroxylation is 1. The van der Waals surface area contributed by atoms with Crippen molar-refractivity contribution in [3.8, 4) is 0 Å². The minimum Gasteiger partial charge on any atom is -0.356 e. The summed E-state index contributed by atoms with van der Waals surface area (Å²) in [6.07, 6.45) is 0.458. The number of carbonyl (C=O) groups excluding carboxylic acids is 1. The molecule has 4 rings (SSSR count). The van der Waals surface area contributed by atoms with Crippen molar-refractivity contribution in [2.24, 2.45) is 0 Å². The van der Waals surface area contributed by atoms with E-state index in [9.17, 15) is 18.0 Å². The van der Waals surface area contributed by atoms with Crippen LogP contribution in [0.3, 0.4) is 0 Å². The summed E-state index contributed by atoms with van der Waals surface area (Å²) in [4.78, 5) is 22.6. The molecule has 0 saturated carbocycles. The molecule has 1 aromatic carbocycles. The van der Waals surface area contributed by atoms with Gasteiger partial charge in [0.2, 0.25) is 5.91 Å². The molecule has 1 amide bonds. The zero-order valence-electron chi connectivity index (χ0n) is 17.0. The van der Waals surface area contributed by atoms with Gasteiger partial charge in [0.05, 0.1) is 17.4 Å². The molecule has 1 aliphatic heterocycles. The zero-order valence-corrected chi connectivity index (χ0v) is 17.0. The number of nitrogens with zero attached hydrogens (tertiary/aromatic N) is 3. The number of hydrogen-bond acceptors (Lipinski definition) is 4. The lowest BCUT2D eigenvalue weighted by Gasteiger charge is -2.30. The number of rotatable bonds is 5. The van der Waals surface area contributed by atoms with E-state index in [-0.39, 0.29) is 12.3 Å². The minimum absolute atomic E-state index is 0.140. The number of carbonyl (C=O) groups is 1. The van der Waals surface area contributed by atoms with Crippen LogP contribution in [-0.2, 0) is 17.4 Å². The molecule has 1 aliphatic rings. The second-order valence-corrected chi connectivity index (χ2v) is 7.69. The molecule has 1 saturated heterocycles. The maximum absolute atomic E-state index is 13.2. The molecule has 0 radical (unpaired) electrons. The van der Waals surface area contributed by atoms with E-state index in [4.69, 9.17) is 0 Å². The predicted molar refractivity (Wildman–Crippen MR) is 114 cm³/mol. The van der Waals surface area contributed by atoms with Gasteiger partial charge in [-0.3, -0.25) is 9.78 Å². The van der Waals surface area contributed by atoms with Crippen LogP contribution >= 0.6 is 0 Å². The van der Waals surface area contributed by atoms with Crippen LogP contribution in [0.15, 0.2) is 48.7 Å². The van der Waals surface area contributed by atoms with Crippen LogP contribution in [-0.4, -0.2) is 29.0 Å². The summed E-state index contributed by atoms with van der Waals surface area (Å²) in [5, 5.41) is 3.74. The van der Waals surface area contributed by atoms with Crippen LogP contribution in [0.2, 0.25) is 0 Å². The van der Waals surface area contributed by atoms with E-state index in [1.807, 2.05) is 35.2 Å². The van der Waals surface area contributed by atoms with E-state index in [1.54, 1.807) is 6.20 Å². The third-order valence-electron chi connectivity index (χ3n) is 5.40. The molecule has 0 spiro atoms. The molecule has 1 N–H and O–H groups in total. The van der Waals surface area contributed by atoms with Crippen molar-refractivity contribution < 1.29 is 18.0 Å². The Hall–Kier alpha value is -3.16. The highest BCUT2D eigenvalue weighted by atomic mass is 19.4. The first kappa shape index (κ1) is 21.1. The normalized spacial score (nSPS) is 14.6. The van der Waals surface area contributed by atoms with Crippen LogP contribution < -0.4 is 10.2 Å². The highest BCUT2D eigenvalue weighted by molar-refractivity contribution is 5.93. The number of para-hydroxylation sites is 1. The van der Waals surface area contributed by atoms with Crippen LogP contribution in [0.5, 0.6) is 0 Å². The van der Waals surface area contributed by atoms with E-state index < -0.39 is 11.9 Å². The molecule has 2 aromatic heterocycles. The number of alkyl halides is 3. The summed E-state index contributed by atoms with van der Waals surface area (Å²) >= 11 is 0. The number of benzene rings is 1. The summed E-state index contributed by atoms with van der Waals surface area (Å²) in [6, 6.07) is 11.9. The second kappa shape index (κ2) is 8.91. The molecule has 3 aromatic rings. The van der Waals surface area contributed by atoms with Gasteiger partial charge in [0.15, 0.2) is 0 Å². The Bertz CT molecular complexity index is 1080. The second-order valence-electron chi connectivity index (χ2n) is 7.69. The van der Waals surface area contributed by atoms with Crippen molar-refractivity contribution in [1.29, 1.82) is 0 Å². The first-order valence-electron chi connectivity index (χ1n) is 10.4. The van der Waals surface area contributed by atoms with Gasteiger partial charge in [-0.15, -0.1) is 0 Å². The molecule has 0 unspecified atom stereocenters. The smallest absolute Gasteiger partial charge is 0.356 e. The van der Waals surface area contributed by atoms with E-state index in [1.165, 1.54) is 6.07 Å². The van der Waals surface area contributed by atoms with Crippen LogP contribution in [0.25, 0.3) is 10.9 Å². The molecule has 162 valence electrons. The number of piperidine rings is 1. The summed E-state index contributed by atoms with van der Waals surface area (Å²) < 4.78 is 39.5. The van der Waals surface area contributed by atoms with Crippen LogP contribution in [0.1, 0.15) is 36.9 Å². The molecule has 0 atom stereocenters. The molecule has 3 heterocycles. The number of amides is 1. The maximum atomic E-state index is 13.2. The monoisotopic (exact) mass is 428 g/mol. The van der Waals surface area contributed by atoms with E-state index >= 15 is 0 Å². The topological polar surface area (TPSA) is 58.1 Å². The third-order valence-corrected chi connectivity index (χ3v) is 5.40. The summed E-state index contributed by atoms with van der Waals surface area (Å²) in [7, 11) is 0. The van der Waals surface area contributed by atoms with Crippen LogP contribution in [0, 0.1) is 0 Å². The van der Waals surface area contributed by atoms with Crippen molar-refractivity contribution in [2.45, 2.75) is 38.3 Å². The molecule has 0 bridgehead atoms. The Balaban J connectivity index is 1.47. The summed E-state index contributed by atoms with van der Waals surface area (Å²) in [5.41, 5.74) is 1.18. The first-order valence-corrected chi connectivity index (χ1v) is 10.4. The quantitative estimate of drug-likeness (QED) is 0.606. The Kier molecular flexibility index (Phi) is 6.06. The van der Waals surface area contributed by atoms with E-state index in [0.717, 1.165) is 36.2 Å². The minimum atomic E-state index is -4.50. The van der Waals surface area contributed by atoms with Gasteiger partial charge in [0, 0.05) is 24.9 Å². The molecular formula is C23H23F3N4O. The fourth-order valence-corrected chi connectivity index (χ4v) is 3.82. The van der Waals surface area contributed by atoms with Gasteiger partial charge >= 0.3 is 6.18 Å². The number of hydrogen-bond donors (Lipinski definition) is 1. The average Bonchev–Trinajstić information content (AvgIpc) is 2.77. The molecule has 1 fully saturated rings. The maximum Gasteiger partial charge on any atom is 0.433 e. The van der Waals surface area contributed by atoms with E-state index in [2.05, 4.69) is 15.3 Å². The lowest BCUT2D eigenvalue weighted by molar-refractivity contribution is -0.141. The number of anilines is 2. The Morgan fingerprint density at radius 2 is 1.84 bits per heavy atom. The van der Waals surface area contributed by atoms with Gasteiger partial charge in [-0.1, -0.05) is 24.3 Å². The Labute approximate surface area is 178 Å². The highest BCUT2D eigenvalue weighted by Crippen LogP contribution is 2.32. The van der Waals surface area contributed by atoms with Crippen molar-refractivity contribution >= 4 is 28.3 Å². The van der Waals surface area contributed by atoms with Gasteiger partial charge in [0.25, 0.3) is 0 Å². The Morgan fingerprint density at radius 3 is 2.61 bits per heavy atom. The van der Waals surface area contributed by atoms with Crippen LogP contribution in [0.4, 0.5) is 24.7 Å². The molecule has 31 heavy (non-hydrogen) atoms. The predicted octanol–water partition coefficient (Wildman–Crippen LogP) is 5.21. The summed E-state index contributed by atoms with van der Waals surface area (Å²) in [5.74, 6) is 0.122. The van der Waals surface area contributed by atoms with Gasteiger partial charge in [0.1, 0.15) is 11.5 Å². The SMILES string of the molecule is O=C(CCc1ccc(C(F)(F)F)nc1N1CCCCC1)Nc1cnc2ccccc2c1. The van der Waals surface area contributed by atoms with Crippen molar-refractivity contribution in [3.05, 3.63) is 59.9 Å². The van der Waals surface area contributed by atoms with Crippen molar-refractivity contribution in [2.75, 3.05) is 23.3 Å². The molecule has 5 nitrogen and oxygen atoms in total. The molecule has 0 aliphatic carbocycles. The number of aromatic nitrogens is 2. The van der Waals surface area contributed by atoms with Gasteiger partial charge in [-0.25, -0.2) is 4.98 Å². The zero-order chi connectivity index (χ0) is 21.8. The van der Waals surface area contributed by atoms with Crippen molar-refractivity contribution in [1.82, 2.24) is 9.97 Å². The number of halogens is 3. The standard InChI is InChI=1S/C23H23F3N4O/c24-23(25,26)20-10-8-16(22(29-20)30-12-4-1-5-13-30)9-11-21(31)28-18-14-17-6-2-3-7-19(17)27-15-18/h2-3,6-8,10,14-15H,1,4-5,9,11-13H2,(H,28,31). The fourth-order valence-electron chi connectivity index (χ4n) is 3.82. The number of nitrogens with one attached hydrogen (secondary N) is 1. The molecular weight excluding hydrogens is 405 g/mol. The summed E-state index contributed by atoms with van der Waals surface area (Å²) in [6.45, 7) is 1.35. The van der Waals surface area contributed by atoms with Crippen molar-refractivity contribution in [3.63, 3.8) is 0 Å². The van der Waals surface area contributed by atoms with Gasteiger partial charge in [-0.2, -0.15) is 13.2 Å². The lowest BCUT2D eigenvalue weighted by atomic mass is 10.1. The fraction of sp³-hybridized carbons (Fsp3) is 0.348. The lowest BCUT2D eigenvalue weighted by Crippen LogP contribution is -2.32. The number of fused-ring (bicyclic) bond motifs is 1. The number of pyridine rings is 2. The van der Waals surface area contributed by atoms with E-state index in [0.29, 0.717) is 36.6 Å². The molecule has 8 heteroatoms. The highest BCUT2D eigenvalue weighted by Gasteiger charge is 2.33. The van der Waals surface area contributed by atoms with Gasteiger partial charge in [-0.05, 0) is 49.4 Å². The average molecular weight is 428 g/mol. The first-order chi connectivity index (χ1) is 14.9. The largest absolute Gasteiger partial charge is 0.433 e. The van der Waals surface area contributed by atoms with Gasteiger partial charge < -0.3 is 10.2 Å². The third kappa shape index (κ3) is 5.13. The Morgan fingerprint density at radius 1 is 1.06 bits per heavy atom.